The molecule has 1 aromatic rings. The molecule has 0 bridgehead atoms. The third-order valence-corrected chi connectivity index (χ3v) is 2.46. The third-order valence-electron chi connectivity index (χ3n) is 2.46. The highest BCUT2D eigenvalue weighted by atomic mass is 16.6. The molecule has 17 heavy (non-hydrogen) atoms. The van der Waals surface area contributed by atoms with Crippen molar-refractivity contribution in [2.75, 3.05) is 6.61 Å². The summed E-state index contributed by atoms with van der Waals surface area (Å²) in [5.74, 6) is -0.603. The number of hydrogen-bond acceptors (Lipinski definition) is 7. The van der Waals surface area contributed by atoms with Crippen molar-refractivity contribution < 1.29 is 24.9 Å². The number of aliphatic hydroxyl groups is 3. The van der Waals surface area contributed by atoms with Crippen molar-refractivity contribution in [2.45, 2.75) is 24.5 Å². The van der Waals surface area contributed by atoms with Crippen molar-refractivity contribution in [2.24, 2.45) is 0 Å². The molecular formula is C8H12N4O5. The van der Waals surface area contributed by atoms with E-state index in [9.17, 15) is 15.0 Å². The number of aromatic nitrogens is 3. The number of nitrogens with zero attached hydrogens (tertiary/aromatic N) is 2. The van der Waals surface area contributed by atoms with Gasteiger partial charge < -0.3 is 25.4 Å². The third kappa shape index (κ3) is 2.26. The van der Waals surface area contributed by atoms with E-state index in [4.69, 9.17) is 9.84 Å². The Kier molecular flexibility index (Phi) is 3.33. The van der Waals surface area contributed by atoms with Crippen molar-refractivity contribution in [1.82, 2.24) is 20.7 Å². The molecule has 5 N–H and O–H groups in total. The van der Waals surface area contributed by atoms with E-state index < -0.39 is 37.1 Å². The van der Waals surface area contributed by atoms with E-state index in [-0.39, 0.29) is 5.69 Å². The van der Waals surface area contributed by atoms with Gasteiger partial charge in [-0.25, -0.2) is 0 Å². The molecule has 1 amide bonds. The number of carbonyl (C=O) groups excluding carboxylic acids is 1. The zero-order valence-electron chi connectivity index (χ0n) is 8.65. The summed E-state index contributed by atoms with van der Waals surface area (Å²) in [5.41, 5.74) is 0.0303. The summed E-state index contributed by atoms with van der Waals surface area (Å²) in [7, 11) is 0. The normalized spacial score (nSPS) is 32.6. The van der Waals surface area contributed by atoms with Gasteiger partial charge in [0.2, 0.25) is 0 Å². The first-order valence-corrected chi connectivity index (χ1v) is 4.92. The average molecular weight is 244 g/mol. The fraction of sp³-hybridized carbons (Fsp3) is 0.625. The second-order valence-electron chi connectivity index (χ2n) is 3.59. The molecule has 1 unspecified atom stereocenters. The monoisotopic (exact) mass is 244 g/mol. The number of carbonyl (C=O) groups is 1. The van der Waals surface area contributed by atoms with Gasteiger partial charge in [0, 0.05) is 0 Å². The maximum Gasteiger partial charge on any atom is 0.275 e. The van der Waals surface area contributed by atoms with Crippen LogP contribution < -0.4 is 5.32 Å². The van der Waals surface area contributed by atoms with Crippen LogP contribution in [0.25, 0.3) is 0 Å². The van der Waals surface area contributed by atoms with Crippen LogP contribution in [0.15, 0.2) is 6.20 Å². The van der Waals surface area contributed by atoms with Crippen LogP contribution in [-0.2, 0) is 4.74 Å². The fourth-order valence-electron chi connectivity index (χ4n) is 1.53. The van der Waals surface area contributed by atoms with E-state index >= 15 is 0 Å². The molecule has 1 fully saturated rings. The Morgan fingerprint density at radius 1 is 1.53 bits per heavy atom. The quantitative estimate of drug-likeness (QED) is 0.381. The van der Waals surface area contributed by atoms with Crippen molar-refractivity contribution in [3.63, 3.8) is 0 Å². The van der Waals surface area contributed by atoms with Gasteiger partial charge >= 0.3 is 0 Å². The van der Waals surface area contributed by atoms with Gasteiger partial charge in [0.1, 0.15) is 18.3 Å². The molecule has 1 aromatic heterocycles. The highest BCUT2D eigenvalue weighted by molar-refractivity contribution is 5.91. The summed E-state index contributed by atoms with van der Waals surface area (Å²) < 4.78 is 5.06. The highest BCUT2D eigenvalue weighted by Crippen LogP contribution is 2.19. The highest BCUT2D eigenvalue weighted by Gasteiger charge is 2.43. The van der Waals surface area contributed by atoms with E-state index in [1.165, 1.54) is 6.20 Å². The topological polar surface area (TPSA) is 141 Å². The molecule has 0 spiro atoms. The fourth-order valence-corrected chi connectivity index (χ4v) is 1.53. The molecule has 0 radical (unpaired) electrons. The minimum absolute atomic E-state index is 0.0303. The molecule has 1 aliphatic heterocycles. The molecule has 2 rings (SSSR count). The molecular weight excluding hydrogens is 232 g/mol. The van der Waals surface area contributed by atoms with Crippen LogP contribution in [0, 0.1) is 0 Å². The Bertz CT molecular complexity index is 383. The minimum Gasteiger partial charge on any atom is -0.394 e. The number of ether oxygens (including phenoxy) is 1. The summed E-state index contributed by atoms with van der Waals surface area (Å²) in [4.78, 5) is 11.5. The largest absolute Gasteiger partial charge is 0.394 e. The Balaban J connectivity index is 1.98. The molecule has 1 aliphatic rings. The first-order valence-electron chi connectivity index (χ1n) is 4.92. The maximum absolute atomic E-state index is 11.5. The van der Waals surface area contributed by atoms with Gasteiger partial charge in [-0.2, -0.15) is 15.4 Å². The van der Waals surface area contributed by atoms with Crippen LogP contribution in [-0.4, -0.2) is 67.8 Å². The van der Waals surface area contributed by atoms with Gasteiger partial charge in [-0.1, -0.05) is 0 Å². The lowest BCUT2D eigenvalue weighted by molar-refractivity contribution is -0.0305. The van der Waals surface area contributed by atoms with Gasteiger partial charge in [-0.15, -0.1) is 0 Å². The first kappa shape index (κ1) is 11.9. The number of aromatic amines is 1. The van der Waals surface area contributed by atoms with Crippen LogP contribution in [0.4, 0.5) is 0 Å². The predicted molar refractivity (Wildman–Crippen MR) is 51.6 cm³/mol. The van der Waals surface area contributed by atoms with Crippen molar-refractivity contribution >= 4 is 5.91 Å². The van der Waals surface area contributed by atoms with Crippen LogP contribution in [0.2, 0.25) is 0 Å². The summed E-state index contributed by atoms with van der Waals surface area (Å²) in [5, 5.41) is 39.4. The number of rotatable bonds is 3. The minimum atomic E-state index is -1.30. The van der Waals surface area contributed by atoms with Crippen molar-refractivity contribution in [1.29, 1.82) is 0 Å². The molecule has 1 saturated heterocycles. The number of H-pyrrole nitrogens is 1. The molecule has 9 heteroatoms. The first-order chi connectivity index (χ1) is 8.13. The number of hydrogen-bond donors (Lipinski definition) is 5. The summed E-state index contributed by atoms with van der Waals surface area (Å²) in [6.07, 6.45) is -3.36. The molecule has 0 aliphatic carbocycles. The summed E-state index contributed by atoms with van der Waals surface area (Å²) >= 11 is 0. The molecule has 9 nitrogen and oxygen atoms in total. The van der Waals surface area contributed by atoms with E-state index in [1.807, 2.05) is 0 Å². The Morgan fingerprint density at radius 3 is 2.82 bits per heavy atom. The zero-order valence-corrected chi connectivity index (χ0v) is 8.65. The number of nitrogens with one attached hydrogen (secondary N) is 2. The van der Waals surface area contributed by atoms with Gasteiger partial charge in [0.05, 0.1) is 12.8 Å². The van der Waals surface area contributed by atoms with E-state index in [0.29, 0.717) is 0 Å². The Morgan fingerprint density at radius 2 is 2.29 bits per heavy atom. The lowest BCUT2D eigenvalue weighted by Gasteiger charge is -2.15. The number of aliphatic hydroxyl groups excluding tert-OH is 3. The van der Waals surface area contributed by atoms with Crippen LogP contribution in [0.3, 0.4) is 0 Å². The average Bonchev–Trinajstić information content (AvgIpc) is 2.93. The van der Waals surface area contributed by atoms with Gasteiger partial charge in [0.15, 0.2) is 11.9 Å². The van der Waals surface area contributed by atoms with E-state index in [0.717, 1.165) is 0 Å². The standard InChI is InChI=1S/C8H12N4O5/c13-2-4-5(14)6(15)8(17-4)10-7(16)3-1-9-12-11-3/h1,4-6,8,13-15H,2H2,(H,10,16)(H,9,11,12)/t4-,5-,6-,8?/m0/s1. The lowest BCUT2D eigenvalue weighted by atomic mass is 10.1. The Labute approximate surface area is 95.4 Å². The smallest absolute Gasteiger partial charge is 0.275 e. The van der Waals surface area contributed by atoms with Crippen LogP contribution in [0.1, 0.15) is 10.5 Å². The Hall–Kier alpha value is -1.55. The second kappa shape index (κ2) is 4.75. The van der Waals surface area contributed by atoms with Crippen LogP contribution in [0.5, 0.6) is 0 Å². The predicted octanol–water partition coefficient (Wildman–Crippen LogP) is -3.03. The SMILES string of the molecule is O=C(NC1O[C@@H](CO)[C@H](O)[C@@H]1O)c1cn[nH]n1. The van der Waals surface area contributed by atoms with E-state index in [2.05, 4.69) is 20.7 Å². The molecule has 2 heterocycles. The van der Waals surface area contributed by atoms with Crippen LogP contribution >= 0.6 is 0 Å². The second-order valence-corrected chi connectivity index (χ2v) is 3.59. The molecule has 94 valence electrons. The molecule has 4 atom stereocenters. The van der Waals surface area contributed by atoms with Gasteiger partial charge in [0.25, 0.3) is 5.91 Å². The summed E-state index contributed by atoms with van der Waals surface area (Å²) in [6.45, 7) is -0.450. The van der Waals surface area contributed by atoms with Crippen molar-refractivity contribution in [3.8, 4) is 0 Å². The molecule has 0 saturated carbocycles. The van der Waals surface area contributed by atoms with Gasteiger partial charge in [-0.3, -0.25) is 4.79 Å². The van der Waals surface area contributed by atoms with Crippen molar-refractivity contribution in [3.05, 3.63) is 11.9 Å². The van der Waals surface area contributed by atoms with Gasteiger partial charge in [-0.05, 0) is 0 Å². The lowest BCUT2D eigenvalue weighted by Crippen LogP contribution is -2.43. The maximum atomic E-state index is 11.5. The number of amides is 1. The molecule has 0 aromatic carbocycles. The summed E-state index contributed by atoms with van der Waals surface area (Å²) in [6, 6.07) is 0. The van der Waals surface area contributed by atoms with E-state index in [1.54, 1.807) is 0 Å². The zero-order chi connectivity index (χ0) is 12.4.